The highest BCUT2D eigenvalue weighted by Gasteiger charge is 2.31. The molecule has 0 unspecified atom stereocenters. The molecule has 1 saturated heterocycles. The van der Waals surface area contributed by atoms with Gasteiger partial charge in [-0.25, -0.2) is 4.98 Å². The summed E-state index contributed by atoms with van der Waals surface area (Å²) < 4.78 is 57.8. The Labute approximate surface area is 225 Å². The SMILES string of the molecule is O=C(NCCCN1CCOCC1)c1coc(CSc2nnc(-c3ccco3)n2-c2cccc(C(F)(F)F)c2)n1. The third-order valence-corrected chi connectivity index (χ3v) is 6.87. The Morgan fingerprint density at radius 1 is 1.10 bits per heavy atom. The van der Waals surface area contributed by atoms with Crippen LogP contribution in [0.15, 0.2) is 62.9 Å². The number of nitrogens with zero attached hydrogens (tertiary/aromatic N) is 5. The van der Waals surface area contributed by atoms with Gasteiger partial charge < -0.3 is 18.9 Å². The van der Waals surface area contributed by atoms with E-state index in [-0.39, 0.29) is 34.8 Å². The van der Waals surface area contributed by atoms with Crippen molar-refractivity contribution in [3.63, 3.8) is 0 Å². The van der Waals surface area contributed by atoms with Crippen molar-refractivity contribution < 1.29 is 31.5 Å². The molecule has 1 aromatic carbocycles. The minimum atomic E-state index is -4.51. The molecular weight excluding hydrogens is 537 g/mol. The van der Waals surface area contributed by atoms with Gasteiger partial charge in [-0.3, -0.25) is 14.3 Å². The van der Waals surface area contributed by atoms with Crippen LogP contribution in [0.2, 0.25) is 0 Å². The number of alkyl halides is 3. The van der Waals surface area contributed by atoms with Crippen LogP contribution in [0.5, 0.6) is 0 Å². The number of furan rings is 1. The zero-order chi connectivity index (χ0) is 27.2. The van der Waals surface area contributed by atoms with Crippen LogP contribution in [0.25, 0.3) is 17.3 Å². The summed E-state index contributed by atoms with van der Waals surface area (Å²) in [6.45, 7) is 4.62. The highest BCUT2D eigenvalue weighted by Crippen LogP contribution is 2.34. The number of carbonyl (C=O) groups excluding carboxylic acids is 1. The summed E-state index contributed by atoms with van der Waals surface area (Å²) in [5.74, 6) is 0.669. The molecule has 0 bridgehead atoms. The van der Waals surface area contributed by atoms with Gasteiger partial charge in [0.15, 0.2) is 16.6 Å². The molecule has 4 aromatic rings. The highest BCUT2D eigenvalue weighted by molar-refractivity contribution is 7.98. The molecule has 1 N–H and O–H groups in total. The summed E-state index contributed by atoms with van der Waals surface area (Å²) in [6, 6.07) is 8.15. The maximum Gasteiger partial charge on any atom is 0.416 e. The smallest absolute Gasteiger partial charge is 0.416 e. The van der Waals surface area contributed by atoms with Crippen LogP contribution < -0.4 is 5.32 Å². The topological polar surface area (TPSA) is 111 Å². The van der Waals surface area contributed by atoms with E-state index >= 15 is 0 Å². The Balaban J connectivity index is 1.24. The van der Waals surface area contributed by atoms with Crippen LogP contribution in [0.4, 0.5) is 13.2 Å². The van der Waals surface area contributed by atoms with Gasteiger partial charge in [-0.15, -0.1) is 10.2 Å². The van der Waals surface area contributed by atoms with Crippen LogP contribution in [0, 0.1) is 0 Å². The average molecular weight is 563 g/mol. The van der Waals surface area contributed by atoms with Gasteiger partial charge >= 0.3 is 6.18 Å². The Morgan fingerprint density at radius 3 is 2.72 bits per heavy atom. The Morgan fingerprint density at radius 2 is 1.95 bits per heavy atom. The largest absolute Gasteiger partial charge is 0.461 e. The molecule has 1 fully saturated rings. The van der Waals surface area contributed by atoms with Gasteiger partial charge in [-0.2, -0.15) is 13.2 Å². The van der Waals surface area contributed by atoms with Crippen molar-refractivity contribution in [1.82, 2.24) is 30.0 Å². The van der Waals surface area contributed by atoms with Crippen molar-refractivity contribution in [2.75, 3.05) is 39.4 Å². The number of hydrogen-bond acceptors (Lipinski definition) is 9. The number of aromatic nitrogens is 4. The van der Waals surface area contributed by atoms with Crippen LogP contribution >= 0.6 is 11.8 Å². The van der Waals surface area contributed by atoms with Crippen molar-refractivity contribution in [3.8, 4) is 17.3 Å². The number of hydrogen-bond donors (Lipinski definition) is 1. The van der Waals surface area contributed by atoms with Crippen LogP contribution in [0.1, 0.15) is 28.4 Å². The number of benzene rings is 1. The Hall–Kier alpha value is -3.62. The molecule has 39 heavy (non-hydrogen) atoms. The summed E-state index contributed by atoms with van der Waals surface area (Å²) in [7, 11) is 0. The van der Waals surface area contributed by atoms with Crippen molar-refractivity contribution in [2.24, 2.45) is 0 Å². The summed E-state index contributed by atoms with van der Waals surface area (Å²) in [6.07, 6.45) is -0.996. The molecule has 1 aliphatic rings. The van der Waals surface area contributed by atoms with E-state index in [1.165, 1.54) is 29.2 Å². The van der Waals surface area contributed by atoms with Gasteiger partial charge in [-0.05, 0) is 43.3 Å². The molecule has 1 amide bonds. The minimum absolute atomic E-state index is 0.146. The van der Waals surface area contributed by atoms with Gasteiger partial charge in [0.05, 0.1) is 36.5 Å². The molecule has 0 radical (unpaired) electrons. The van der Waals surface area contributed by atoms with Crippen molar-refractivity contribution in [2.45, 2.75) is 23.5 Å². The van der Waals surface area contributed by atoms with E-state index in [0.717, 1.165) is 63.2 Å². The second-order valence-corrected chi connectivity index (χ2v) is 9.59. The van der Waals surface area contributed by atoms with E-state index in [9.17, 15) is 18.0 Å². The molecule has 5 rings (SSSR count). The quantitative estimate of drug-likeness (QED) is 0.224. The number of amides is 1. The van der Waals surface area contributed by atoms with Crippen LogP contribution in [-0.4, -0.2) is 69.9 Å². The van der Waals surface area contributed by atoms with E-state index in [1.807, 2.05) is 0 Å². The first-order valence-corrected chi connectivity index (χ1v) is 13.2. The lowest BCUT2D eigenvalue weighted by Gasteiger charge is -2.26. The number of oxazole rings is 1. The van der Waals surface area contributed by atoms with Gasteiger partial charge in [0.25, 0.3) is 5.91 Å². The lowest BCUT2D eigenvalue weighted by molar-refractivity contribution is -0.137. The molecule has 3 aromatic heterocycles. The van der Waals surface area contributed by atoms with E-state index in [0.29, 0.717) is 17.5 Å². The molecule has 1 aliphatic heterocycles. The standard InChI is InChI=1S/C25H25F3N6O4S/c26-25(27,28)17-4-1-5-18(14-17)34-22(20-6-2-11-37-20)31-32-24(34)39-16-21-30-19(15-38-21)23(35)29-7-3-8-33-9-12-36-13-10-33/h1-2,4-6,11,14-15H,3,7-10,12-13,16H2,(H,29,35). The molecule has 0 aliphatic carbocycles. The first-order chi connectivity index (χ1) is 18.9. The van der Waals surface area contributed by atoms with Gasteiger partial charge in [0, 0.05) is 19.6 Å². The lowest BCUT2D eigenvalue weighted by Crippen LogP contribution is -2.38. The first kappa shape index (κ1) is 27.0. The minimum Gasteiger partial charge on any atom is -0.461 e. The van der Waals surface area contributed by atoms with Crippen molar-refractivity contribution >= 4 is 17.7 Å². The zero-order valence-electron chi connectivity index (χ0n) is 20.7. The summed E-state index contributed by atoms with van der Waals surface area (Å²) >= 11 is 1.15. The molecule has 0 atom stereocenters. The van der Waals surface area contributed by atoms with Gasteiger partial charge in [0.2, 0.25) is 11.7 Å². The van der Waals surface area contributed by atoms with Crippen molar-refractivity contribution in [1.29, 1.82) is 0 Å². The molecule has 206 valence electrons. The summed E-state index contributed by atoms with van der Waals surface area (Å²) in [4.78, 5) is 19.0. The number of carbonyl (C=O) groups is 1. The normalized spacial score (nSPS) is 14.5. The Bertz CT molecular complexity index is 1380. The predicted octanol–water partition coefficient (Wildman–Crippen LogP) is 4.28. The maximum atomic E-state index is 13.4. The number of halogens is 3. The summed E-state index contributed by atoms with van der Waals surface area (Å²) in [5, 5.41) is 11.4. The second-order valence-electron chi connectivity index (χ2n) is 8.65. The highest BCUT2D eigenvalue weighted by atomic mass is 32.2. The fourth-order valence-electron chi connectivity index (χ4n) is 4.01. The van der Waals surface area contributed by atoms with E-state index in [4.69, 9.17) is 13.6 Å². The van der Waals surface area contributed by atoms with Gasteiger partial charge in [0.1, 0.15) is 6.26 Å². The zero-order valence-corrected chi connectivity index (χ0v) is 21.5. The molecular formula is C25H25F3N6O4S. The van der Waals surface area contributed by atoms with E-state index < -0.39 is 11.7 Å². The average Bonchev–Trinajstić information content (AvgIpc) is 3.71. The second kappa shape index (κ2) is 12.1. The molecule has 14 heteroatoms. The van der Waals surface area contributed by atoms with Crippen LogP contribution in [-0.2, 0) is 16.7 Å². The van der Waals surface area contributed by atoms with Crippen LogP contribution in [0.3, 0.4) is 0 Å². The third-order valence-electron chi connectivity index (χ3n) is 5.96. The fraction of sp³-hybridized carbons (Fsp3) is 0.360. The maximum absolute atomic E-state index is 13.4. The summed E-state index contributed by atoms with van der Waals surface area (Å²) in [5.41, 5.74) is -0.441. The Kier molecular flexibility index (Phi) is 8.33. The number of thioether (sulfide) groups is 1. The van der Waals surface area contributed by atoms with E-state index in [1.54, 1.807) is 12.1 Å². The number of rotatable bonds is 10. The first-order valence-electron chi connectivity index (χ1n) is 12.2. The number of ether oxygens (including phenoxy) is 1. The lowest BCUT2D eigenvalue weighted by atomic mass is 10.2. The third kappa shape index (κ3) is 6.69. The van der Waals surface area contributed by atoms with Crippen molar-refractivity contribution in [3.05, 3.63) is 66.1 Å². The fourth-order valence-corrected chi connectivity index (χ4v) is 4.82. The number of nitrogens with one attached hydrogen (secondary N) is 1. The number of morpholine rings is 1. The predicted molar refractivity (Wildman–Crippen MR) is 134 cm³/mol. The monoisotopic (exact) mass is 562 g/mol. The molecule has 10 nitrogen and oxygen atoms in total. The van der Waals surface area contributed by atoms with Gasteiger partial charge in [-0.1, -0.05) is 17.8 Å². The molecule has 0 saturated carbocycles. The molecule has 4 heterocycles. The van der Waals surface area contributed by atoms with E-state index in [2.05, 4.69) is 25.4 Å². The molecule has 0 spiro atoms.